The molecule has 0 spiro atoms. The predicted molar refractivity (Wildman–Crippen MR) is 122 cm³/mol. The summed E-state index contributed by atoms with van der Waals surface area (Å²) in [4.78, 5) is 23.2. The summed E-state index contributed by atoms with van der Waals surface area (Å²) >= 11 is 0. The molecule has 1 amide bonds. The normalized spacial score (nSPS) is 11.1. The third-order valence-corrected chi connectivity index (χ3v) is 5.69. The molecule has 0 unspecified atom stereocenters. The Hall–Kier alpha value is -3.79. The zero-order valence-corrected chi connectivity index (χ0v) is 18.9. The molecular formula is C24H21F2NO6S. The van der Waals surface area contributed by atoms with E-state index in [1.54, 1.807) is 42.5 Å². The van der Waals surface area contributed by atoms with Crippen molar-refractivity contribution in [2.45, 2.75) is 12.8 Å². The first-order valence-corrected chi connectivity index (χ1v) is 12.1. The van der Waals surface area contributed by atoms with Crippen molar-refractivity contribution in [2.24, 2.45) is 0 Å². The van der Waals surface area contributed by atoms with Gasteiger partial charge in [0.2, 0.25) is 0 Å². The third-order valence-electron chi connectivity index (χ3n) is 4.74. The highest BCUT2D eigenvalue weighted by Gasteiger charge is 2.13. The number of carboxylic acids is 1. The van der Waals surface area contributed by atoms with Gasteiger partial charge in [0.15, 0.2) is 11.6 Å². The van der Waals surface area contributed by atoms with Crippen molar-refractivity contribution in [3.63, 3.8) is 0 Å². The van der Waals surface area contributed by atoms with Crippen molar-refractivity contribution in [1.82, 2.24) is 0 Å². The number of carbonyl (C=O) groups excluding carboxylic acids is 1. The van der Waals surface area contributed by atoms with Crippen LogP contribution in [0.5, 0.6) is 11.5 Å². The molecule has 0 heterocycles. The Labute approximate surface area is 194 Å². The van der Waals surface area contributed by atoms with Crippen molar-refractivity contribution < 1.29 is 36.6 Å². The molecule has 0 aliphatic carbocycles. The standard InChI is InChI=1S/C24H21F2NO6S/c1-34(31,32)11-10-16-12-15(13-23(28)29)2-9-22(16)33-19-6-4-18(5-7-19)27-24(30)17-3-8-20(25)21(26)14-17/h2-9,12,14H,10-11,13H2,1H3,(H,27,30)(H,28,29). The molecule has 0 aliphatic rings. The molecule has 0 saturated carbocycles. The molecule has 0 saturated heterocycles. The van der Waals surface area contributed by atoms with Crippen LogP contribution in [0.3, 0.4) is 0 Å². The highest BCUT2D eigenvalue weighted by atomic mass is 32.2. The van der Waals surface area contributed by atoms with Gasteiger partial charge in [-0.1, -0.05) is 12.1 Å². The van der Waals surface area contributed by atoms with E-state index in [9.17, 15) is 26.8 Å². The van der Waals surface area contributed by atoms with Crippen LogP contribution in [0.25, 0.3) is 0 Å². The fraction of sp³-hybridized carbons (Fsp3) is 0.167. The molecule has 3 aromatic carbocycles. The molecule has 0 radical (unpaired) electrons. The zero-order valence-electron chi connectivity index (χ0n) is 18.0. The topological polar surface area (TPSA) is 110 Å². The van der Waals surface area contributed by atoms with Gasteiger partial charge in [0.25, 0.3) is 5.91 Å². The average Bonchev–Trinajstić information content (AvgIpc) is 2.76. The highest BCUT2D eigenvalue weighted by molar-refractivity contribution is 7.90. The maximum Gasteiger partial charge on any atom is 0.307 e. The smallest absolute Gasteiger partial charge is 0.307 e. The first-order valence-electron chi connectivity index (χ1n) is 10.1. The average molecular weight is 489 g/mol. The number of rotatable bonds is 9. The minimum atomic E-state index is -3.25. The summed E-state index contributed by atoms with van der Waals surface area (Å²) in [5, 5.41) is 11.6. The molecule has 0 bridgehead atoms. The van der Waals surface area contributed by atoms with Gasteiger partial charge >= 0.3 is 5.97 Å². The minimum Gasteiger partial charge on any atom is -0.481 e. The quantitative estimate of drug-likeness (QED) is 0.466. The SMILES string of the molecule is CS(=O)(=O)CCc1cc(CC(=O)O)ccc1Oc1ccc(NC(=O)c2ccc(F)c(F)c2)cc1. The number of hydrogen-bond acceptors (Lipinski definition) is 5. The Balaban J connectivity index is 1.74. The van der Waals surface area contributed by atoms with Crippen molar-refractivity contribution in [1.29, 1.82) is 0 Å². The van der Waals surface area contributed by atoms with E-state index in [0.717, 1.165) is 24.5 Å². The maximum absolute atomic E-state index is 13.3. The summed E-state index contributed by atoms with van der Waals surface area (Å²) < 4.78 is 55.4. The van der Waals surface area contributed by atoms with E-state index in [1.807, 2.05) is 0 Å². The molecule has 178 valence electrons. The first kappa shape index (κ1) is 24.8. The largest absolute Gasteiger partial charge is 0.481 e. The number of sulfone groups is 1. The third kappa shape index (κ3) is 7.11. The van der Waals surface area contributed by atoms with Crippen LogP contribution in [-0.2, 0) is 27.5 Å². The van der Waals surface area contributed by atoms with Gasteiger partial charge in [0, 0.05) is 17.5 Å². The first-order chi connectivity index (χ1) is 16.0. The Morgan fingerprint density at radius 2 is 1.68 bits per heavy atom. The summed E-state index contributed by atoms with van der Waals surface area (Å²) in [5.74, 6) is -3.18. The van der Waals surface area contributed by atoms with Crippen LogP contribution in [0.1, 0.15) is 21.5 Å². The molecular weight excluding hydrogens is 468 g/mol. The van der Waals surface area contributed by atoms with Gasteiger partial charge < -0.3 is 15.2 Å². The van der Waals surface area contributed by atoms with Crippen molar-refractivity contribution in [3.05, 3.63) is 89.0 Å². The fourth-order valence-corrected chi connectivity index (χ4v) is 3.67. The number of aliphatic carboxylic acids is 1. The molecule has 0 aliphatic heterocycles. The number of hydrogen-bond donors (Lipinski definition) is 2. The van der Waals surface area contributed by atoms with E-state index < -0.39 is 33.3 Å². The molecule has 2 N–H and O–H groups in total. The Bertz CT molecular complexity index is 1320. The monoisotopic (exact) mass is 489 g/mol. The second-order valence-corrected chi connectivity index (χ2v) is 9.86. The number of amides is 1. The Morgan fingerprint density at radius 3 is 2.29 bits per heavy atom. The fourth-order valence-electron chi connectivity index (χ4n) is 3.08. The summed E-state index contributed by atoms with van der Waals surface area (Å²) in [6.07, 6.45) is 1.05. The van der Waals surface area contributed by atoms with Gasteiger partial charge in [0.1, 0.15) is 21.3 Å². The van der Waals surface area contributed by atoms with Crippen LogP contribution >= 0.6 is 0 Å². The van der Waals surface area contributed by atoms with Crippen LogP contribution in [0.15, 0.2) is 60.7 Å². The van der Waals surface area contributed by atoms with Gasteiger partial charge in [-0.2, -0.15) is 0 Å². The van der Waals surface area contributed by atoms with Crippen LogP contribution in [0.2, 0.25) is 0 Å². The summed E-state index contributed by atoms with van der Waals surface area (Å²) in [5.41, 5.74) is 1.39. The number of benzene rings is 3. The van der Waals surface area contributed by atoms with Crippen LogP contribution < -0.4 is 10.1 Å². The number of aryl methyl sites for hydroxylation is 1. The van der Waals surface area contributed by atoms with Crippen molar-refractivity contribution in [2.75, 3.05) is 17.3 Å². The van der Waals surface area contributed by atoms with Crippen LogP contribution in [0.4, 0.5) is 14.5 Å². The number of carbonyl (C=O) groups is 2. The lowest BCUT2D eigenvalue weighted by molar-refractivity contribution is -0.136. The highest BCUT2D eigenvalue weighted by Crippen LogP contribution is 2.28. The van der Waals surface area contributed by atoms with E-state index in [2.05, 4.69) is 5.32 Å². The van der Waals surface area contributed by atoms with Crippen molar-refractivity contribution in [3.8, 4) is 11.5 Å². The lowest BCUT2D eigenvalue weighted by Gasteiger charge is -2.13. The number of nitrogens with one attached hydrogen (secondary N) is 1. The Morgan fingerprint density at radius 1 is 0.971 bits per heavy atom. The zero-order chi connectivity index (χ0) is 24.9. The lowest BCUT2D eigenvalue weighted by Crippen LogP contribution is -2.12. The van der Waals surface area contributed by atoms with Gasteiger partial charge in [0.05, 0.1) is 12.2 Å². The van der Waals surface area contributed by atoms with Crippen LogP contribution in [0, 0.1) is 11.6 Å². The van der Waals surface area contributed by atoms with Gasteiger partial charge in [-0.15, -0.1) is 0 Å². The van der Waals surface area contributed by atoms with E-state index in [1.165, 1.54) is 0 Å². The van der Waals surface area contributed by atoms with E-state index in [-0.39, 0.29) is 24.2 Å². The van der Waals surface area contributed by atoms with Gasteiger partial charge in [-0.25, -0.2) is 17.2 Å². The van der Waals surface area contributed by atoms with Gasteiger partial charge in [-0.3, -0.25) is 9.59 Å². The number of ether oxygens (including phenoxy) is 1. The van der Waals surface area contributed by atoms with E-state index in [0.29, 0.717) is 28.3 Å². The van der Waals surface area contributed by atoms with Crippen LogP contribution in [-0.4, -0.2) is 37.4 Å². The maximum atomic E-state index is 13.3. The summed E-state index contributed by atoms with van der Waals surface area (Å²) in [7, 11) is -3.25. The summed E-state index contributed by atoms with van der Waals surface area (Å²) in [6.45, 7) is 0. The molecule has 0 aromatic heterocycles. The molecule has 0 atom stereocenters. The molecule has 34 heavy (non-hydrogen) atoms. The van der Waals surface area contributed by atoms with E-state index >= 15 is 0 Å². The minimum absolute atomic E-state index is 0.0452. The second-order valence-electron chi connectivity index (χ2n) is 7.60. The number of halogens is 2. The molecule has 3 rings (SSSR count). The summed E-state index contributed by atoms with van der Waals surface area (Å²) in [6, 6.07) is 13.8. The second kappa shape index (κ2) is 10.4. The van der Waals surface area contributed by atoms with Gasteiger partial charge in [-0.05, 0) is 66.1 Å². The van der Waals surface area contributed by atoms with E-state index in [4.69, 9.17) is 9.84 Å². The predicted octanol–water partition coefficient (Wildman–Crippen LogP) is 4.22. The molecule has 7 nitrogen and oxygen atoms in total. The van der Waals surface area contributed by atoms with Crippen molar-refractivity contribution >= 4 is 27.4 Å². The lowest BCUT2D eigenvalue weighted by atomic mass is 10.1. The molecule has 10 heteroatoms. The Kier molecular flexibility index (Phi) is 7.62. The molecule has 0 fully saturated rings. The number of carboxylic acid groups (broad SMARTS) is 1. The molecule has 3 aromatic rings. The number of anilines is 1.